The second-order valence-electron chi connectivity index (χ2n) is 7.79. The largest absolute Gasteiger partial charge is 0.356 e. The van der Waals surface area contributed by atoms with E-state index in [1.54, 1.807) is 12.4 Å². The van der Waals surface area contributed by atoms with Crippen LogP contribution in [-0.2, 0) is 11.2 Å². The second kappa shape index (κ2) is 9.60. The SMILES string of the molecule is CN(C)[C@H](c1ccccn1)C1CCC(CNC(=O)Cc2cccnc2)CC1. The molecule has 1 N–H and O–H groups in total. The Morgan fingerprint density at radius 2 is 1.96 bits per heavy atom. The van der Waals surface area contributed by atoms with Gasteiger partial charge in [-0.15, -0.1) is 0 Å². The molecule has 0 unspecified atom stereocenters. The lowest BCUT2D eigenvalue weighted by Gasteiger charge is -2.37. The Kier molecular flexibility index (Phi) is 6.93. The van der Waals surface area contributed by atoms with Crippen LogP contribution in [0.4, 0.5) is 0 Å². The zero-order chi connectivity index (χ0) is 19.1. The van der Waals surface area contributed by atoms with Gasteiger partial charge in [0.05, 0.1) is 18.2 Å². The molecule has 0 bridgehead atoms. The minimum atomic E-state index is 0.0878. The summed E-state index contributed by atoms with van der Waals surface area (Å²) < 4.78 is 0. The molecule has 3 rings (SSSR count). The van der Waals surface area contributed by atoms with Crippen molar-refractivity contribution < 1.29 is 4.79 Å². The fourth-order valence-corrected chi connectivity index (χ4v) is 4.20. The Morgan fingerprint density at radius 3 is 2.59 bits per heavy atom. The normalized spacial score (nSPS) is 21.0. The fourth-order valence-electron chi connectivity index (χ4n) is 4.20. The molecule has 5 nitrogen and oxygen atoms in total. The van der Waals surface area contributed by atoms with Crippen LogP contribution in [-0.4, -0.2) is 41.4 Å². The number of hydrogen-bond acceptors (Lipinski definition) is 4. The second-order valence-corrected chi connectivity index (χ2v) is 7.79. The molecule has 1 fully saturated rings. The molecule has 1 aliphatic rings. The lowest BCUT2D eigenvalue weighted by molar-refractivity contribution is -0.120. The Labute approximate surface area is 162 Å². The van der Waals surface area contributed by atoms with Crippen LogP contribution in [0.25, 0.3) is 0 Å². The van der Waals surface area contributed by atoms with Crippen LogP contribution < -0.4 is 5.32 Å². The predicted octanol–water partition coefficient (Wildman–Crippen LogP) is 3.24. The maximum Gasteiger partial charge on any atom is 0.224 e. The number of pyridine rings is 2. The van der Waals surface area contributed by atoms with Gasteiger partial charge >= 0.3 is 0 Å². The van der Waals surface area contributed by atoms with Crippen molar-refractivity contribution in [2.45, 2.75) is 38.1 Å². The summed E-state index contributed by atoms with van der Waals surface area (Å²) in [4.78, 5) is 23.1. The Morgan fingerprint density at radius 1 is 1.15 bits per heavy atom. The molecule has 2 heterocycles. The maximum atomic E-state index is 12.1. The third-order valence-electron chi connectivity index (χ3n) is 5.56. The van der Waals surface area contributed by atoms with E-state index >= 15 is 0 Å². The average Bonchev–Trinajstić information content (AvgIpc) is 2.69. The summed E-state index contributed by atoms with van der Waals surface area (Å²) in [5.74, 6) is 1.28. The lowest BCUT2D eigenvalue weighted by Crippen LogP contribution is -2.35. The van der Waals surface area contributed by atoms with E-state index in [4.69, 9.17) is 0 Å². The Bertz CT molecular complexity index is 697. The summed E-state index contributed by atoms with van der Waals surface area (Å²) in [5.41, 5.74) is 2.12. The first-order valence-electron chi connectivity index (χ1n) is 9.86. The van der Waals surface area contributed by atoms with Crippen LogP contribution >= 0.6 is 0 Å². The summed E-state index contributed by atoms with van der Waals surface area (Å²) in [5, 5.41) is 3.11. The Hall–Kier alpha value is -2.27. The van der Waals surface area contributed by atoms with Crippen LogP contribution in [0, 0.1) is 11.8 Å². The minimum absolute atomic E-state index is 0.0878. The smallest absolute Gasteiger partial charge is 0.224 e. The van der Waals surface area contributed by atoms with Crippen molar-refractivity contribution in [3.63, 3.8) is 0 Å². The van der Waals surface area contributed by atoms with Crippen molar-refractivity contribution in [2.75, 3.05) is 20.6 Å². The van der Waals surface area contributed by atoms with Crippen molar-refractivity contribution in [3.05, 3.63) is 60.2 Å². The molecule has 2 aromatic heterocycles. The summed E-state index contributed by atoms with van der Waals surface area (Å²) in [6, 6.07) is 10.4. The molecule has 0 aromatic carbocycles. The first kappa shape index (κ1) is 19.5. The number of hydrogen-bond donors (Lipinski definition) is 1. The van der Waals surface area contributed by atoms with E-state index in [9.17, 15) is 4.79 Å². The topological polar surface area (TPSA) is 58.1 Å². The third kappa shape index (κ3) is 5.60. The van der Waals surface area contributed by atoms with Gasteiger partial charge in [-0.3, -0.25) is 14.8 Å². The molecular weight excluding hydrogens is 336 g/mol. The van der Waals surface area contributed by atoms with Crippen LogP contribution in [0.15, 0.2) is 48.9 Å². The van der Waals surface area contributed by atoms with Gasteiger partial charge in [0.25, 0.3) is 0 Å². The summed E-state index contributed by atoms with van der Waals surface area (Å²) in [6.45, 7) is 0.780. The van der Waals surface area contributed by atoms with Crippen molar-refractivity contribution in [3.8, 4) is 0 Å². The molecule has 0 radical (unpaired) electrons. The molecule has 27 heavy (non-hydrogen) atoms. The van der Waals surface area contributed by atoms with E-state index in [1.807, 2.05) is 24.4 Å². The van der Waals surface area contributed by atoms with E-state index < -0.39 is 0 Å². The minimum Gasteiger partial charge on any atom is -0.356 e. The standard InChI is InChI=1S/C22H30N4O/c1-26(2)22(20-7-3-4-13-24-20)19-10-8-17(9-11-19)16-25-21(27)14-18-6-5-12-23-15-18/h3-7,12-13,15,17,19,22H,8-11,14,16H2,1-2H3,(H,25,27)/t17?,19?,22-/m0/s1. The number of nitrogens with zero attached hydrogens (tertiary/aromatic N) is 3. The number of carbonyl (C=O) groups is 1. The van der Waals surface area contributed by atoms with Crippen molar-refractivity contribution in [2.24, 2.45) is 11.8 Å². The molecular formula is C22H30N4O. The van der Waals surface area contributed by atoms with Gasteiger partial charge in [-0.05, 0) is 75.4 Å². The number of amides is 1. The van der Waals surface area contributed by atoms with Crippen molar-refractivity contribution in [1.82, 2.24) is 20.2 Å². The van der Waals surface area contributed by atoms with Gasteiger partial charge in [-0.2, -0.15) is 0 Å². The highest BCUT2D eigenvalue weighted by Crippen LogP contribution is 2.38. The highest BCUT2D eigenvalue weighted by molar-refractivity contribution is 5.78. The summed E-state index contributed by atoms with van der Waals surface area (Å²) >= 11 is 0. The highest BCUT2D eigenvalue weighted by Gasteiger charge is 2.30. The first-order valence-corrected chi connectivity index (χ1v) is 9.86. The first-order chi connectivity index (χ1) is 13.1. The molecule has 0 spiro atoms. The van der Waals surface area contributed by atoms with Crippen LogP contribution in [0.1, 0.15) is 43.0 Å². The van der Waals surface area contributed by atoms with Crippen molar-refractivity contribution >= 4 is 5.91 Å². The zero-order valence-electron chi connectivity index (χ0n) is 16.3. The van der Waals surface area contributed by atoms with Gasteiger partial charge in [0.1, 0.15) is 0 Å². The number of rotatable bonds is 7. The van der Waals surface area contributed by atoms with E-state index in [1.165, 1.54) is 12.8 Å². The van der Waals surface area contributed by atoms with Crippen molar-refractivity contribution in [1.29, 1.82) is 0 Å². The molecule has 1 saturated carbocycles. The van der Waals surface area contributed by atoms with Gasteiger partial charge in [-0.1, -0.05) is 12.1 Å². The third-order valence-corrected chi connectivity index (χ3v) is 5.56. The number of nitrogens with one attached hydrogen (secondary N) is 1. The molecule has 1 aliphatic carbocycles. The summed E-state index contributed by atoms with van der Waals surface area (Å²) in [6.07, 6.45) is 10.5. The molecule has 0 saturated heterocycles. The quantitative estimate of drug-likeness (QED) is 0.817. The van der Waals surface area contributed by atoms with Crippen LogP contribution in [0.5, 0.6) is 0 Å². The summed E-state index contributed by atoms with van der Waals surface area (Å²) in [7, 11) is 4.29. The lowest BCUT2D eigenvalue weighted by atomic mass is 9.77. The van der Waals surface area contributed by atoms with Gasteiger partial charge < -0.3 is 10.2 Å². The molecule has 0 aliphatic heterocycles. The van der Waals surface area contributed by atoms with Crippen LogP contribution in [0.3, 0.4) is 0 Å². The fraction of sp³-hybridized carbons (Fsp3) is 0.500. The van der Waals surface area contributed by atoms with Crippen LogP contribution in [0.2, 0.25) is 0 Å². The monoisotopic (exact) mass is 366 g/mol. The molecule has 2 aromatic rings. The highest BCUT2D eigenvalue weighted by atomic mass is 16.1. The van der Waals surface area contributed by atoms with Gasteiger partial charge in [0, 0.05) is 25.1 Å². The van der Waals surface area contributed by atoms with Gasteiger partial charge in [0.2, 0.25) is 5.91 Å². The number of aromatic nitrogens is 2. The van der Waals surface area contributed by atoms with Gasteiger partial charge in [-0.25, -0.2) is 0 Å². The molecule has 5 heteroatoms. The van der Waals surface area contributed by atoms with E-state index in [0.717, 1.165) is 30.6 Å². The Balaban J connectivity index is 1.46. The zero-order valence-corrected chi connectivity index (χ0v) is 16.3. The van der Waals surface area contributed by atoms with E-state index in [-0.39, 0.29) is 5.91 Å². The maximum absolute atomic E-state index is 12.1. The average molecular weight is 367 g/mol. The van der Waals surface area contributed by atoms with Gasteiger partial charge in [0.15, 0.2) is 0 Å². The molecule has 1 atom stereocenters. The molecule has 144 valence electrons. The number of carbonyl (C=O) groups excluding carboxylic acids is 1. The van der Waals surface area contributed by atoms with E-state index in [2.05, 4.69) is 46.4 Å². The molecule has 1 amide bonds. The van der Waals surface area contributed by atoms with E-state index in [0.29, 0.717) is 24.3 Å². The predicted molar refractivity (Wildman–Crippen MR) is 107 cm³/mol.